The topological polar surface area (TPSA) is 48.1 Å². The number of hydrogen-bond donors (Lipinski definition) is 1. The molecule has 1 aromatic rings. The molecule has 2 fully saturated rings. The lowest BCUT2D eigenvalue weighted by Crippen LogP contribution is -2.13. The van der Waals surface area contributed by atoms with Crippen LogP contribution in [0, 0.1) is 6.92 Å². The van der Waals surface area contributed by atoms with Crippen molar-refractivity contribution in [2.75, 3.05) is 0 Å². The van der Waals surface area contributed by atoms with Crippen molar-refractivity contribution in [2.45, 2.75) is 57.3 Å². The summed E-state index contributed by atoms with van der Waals surface area (Å²) in [6, 6.07) is 0.103. The molecule has 4 heteroatoms. The molecule has 0 saturated carbocycles. The van der Waals surface area contributed by atoms with Gasteiger partial charge in [0.1, 0.15) is 0 Å². The average Bonchev–Trinajstić information content (AvgIpc) is 2.89. The highest BCUT2D eigenvalue weighted by Crippen LogP contribution is 2.46. The number of thiazole rings is 1. The Labute approximate surface area is 100 Å². The van der Waals surface area contributed by atoms with Crippen molar-refractivity contribution in [3.8, 4) is 0 Å². The van der Waals surface area contributed by atoms with Gasteiger partial charge in [-0.15, -0.1) is 11.3 Å². The smallest absolute Gasteiger partial charge is 0.0989 e. The number of aromatic nitrogens is 1. The average molecular weight is 238 g/mol. The largest absolute Gasteiger partial charge is 0.374 e. The molecule has 0 spiro atoms. The standard InChI is InChI=1S/C12H18N2OS/c1-6(13)11-7(2)14-12(16-11)9-5-8-3-4-10(9)15-8/h6,8-10H,3-5,13H2,1-2H3. The van der Waals surface area contributed by atoms with Crippen molar-refractivity contribution in [1.29, 1.82) is 0 Å². The van der Waals surface area contributed by atoms with Crippen LogP contribution in [0.4, 0.5) is 0 Å². The van der Waals surface area contributed by atoms with Crippen molar-refractivity contribution >= 4 is 11.3 Å². The minimum atomic E-state index is 0.103. The lowest BCUT2D eigenvalue weighted by molar-refractivity contribution is 0.101. The van der Waals surface area contributed by atoms with E-state index in [0.29, 0.717) is 18.1 Å². The summed E-state index contributed by atoms with van der Waals surface area (Å²) < 4.78 is 5.88. The summed E-state index contributed by atoms with van der Waals surface area (Å²) in [7, 11) is 0. The first-order chi connectivity index (χ1) is 7.65. The van der Waals surface area contributed by atoms with Gasteiger partial charge in [-0.3, -0.25) is 0 Å². The van der Waals surface area contributed by atoms with Gasteiger partial charge >= 0.3 is 0 Å². The molecule has 2 aliphatic heterocycles. The molecule has 0 aliphatic carbocycles. The lowest BCUT2D eigenvalue weighted by atomic mass is 9.90. The summed E-state index contributed by atoms with van der Waals surface area (Å²) in [6.45, 7) is 4.09. The number of aryl methyl sites for hydroxylation is 1. The van der Waals surface area contributed by atoms with Crippen molar-refractivity contribution in [2.24, 2.45) is 5.73 Å². The van der Waals surface area contributed by atoms with E-state index in [-0.39, 0.29) is 6.04 Å². The zero-order valence-corrected chi connectivity index (χ0v) is 10.6. The molecule has 3 rings (SSSR count). The Balaban J connectivity index is 1.87. The van der Waals surface area contributed by atoms with E-state index in [1.54, 1.807) is 11.3 Å². The Morgan fingerprint density at radius 3 is 2.81 bits per heavy atom. The molecule has 2 bridgehead atoms. The predicted molar refractivity (Wildman–Crippen MR) is 64.7 cm³/mol. The van der Waals surface area contributed by atoms with Gasteiger partial charge in [0.15, 0.2) is 0 Å². The van der Waals surface area contributed by atoms with Crippen LogP contribution in [0.1, 0.15) is 53.7 Å². The van der Waals surface area contributed by atoms with Crippen LogP contribution in [0.3, 0.4) is 0 Å². The summed E-state index contributed by atoms with van der Waals surface area (Å²) >= 11 is 1.79. The van der Waals surface area contributed by atoms with Crippen LogP contribution in [0.15, 0.2) is 0 Å². The minimum Gasteiger partial charge on any atom is -0.374 e. The van der Waals surface area contributed by atoms with Gasteiger partial charge in [-0.1, -0.05) is 0 Å². The molecule has 4 unspecified atom stereocenters. The molecular formula is C12H18N2OS. The maximum absolute atomic E-state index is 5.94. The Hall–Kier alpha value is -0.450. The van der Waals surface area contributed by atoms with Crippen molar-refractivity contribution < 1.29 is 4.74 Å². The van der Waals surface area contributed by atoms with Crippen LogP contribution in [0.25, 0.3) is 0 Å². The molecule has 2 N–H and O–H groups in total. The predicted octanol–water partition coefficient (Wildman–Crippen LogP) is 2.51. The Kier molecular flexibility index (Phi) is 2.53. The van der Waals surface area contributed by atoms with Gasteiger partial charge < -0.3 is 10.5 Å². The highest BCUT2D eigenvalue weighted by molar-refractivity contribution is 7.11. The second-order valence-corrected chi connectivity index (χ2v) is 6.07. The van der Waals surface area contributed by atoms with Gasteiger partial charge in [0.25, 0.3) is 0 Å². The zero-order valence-electron chi connectivity index (χ0n) is 9.77. The normalized spacial score (nSPS) is 34.6. The third-order valence-corrected chi connectivity index (χ3v) is 5.18. The molecular weight excluding hydrogens is 220 g/mol. The number of nitrogens with zero attached hydrogens (tertiary/aromatic N) is 1. The van der Waals surface area contributed by atoms with Gasteiger partial charge in [0.2, 0.25) is 0 Å². The van der Waals surface area contributed by atoms with E-state index in [4.69, 9.17) is 15.5 Å². The molecule has 3 nitrogen and oxygen atoms in total. The summed E-state index contributed by atoms with van der Waals surface area (Å²) in [6.07, 6.45) is 4.54. The Morgan fingerprint density at radius 1 is 1.50 bits per heavy atom. The summed E-state index contributed by atoms with van der Waals surface area (Å²) in [5, 5.41) is 1.25. The van der Waals surface area contributed by atoms with Crippen molar-refractivity contribution in [3.05, 3.63) is 15.6 Å². The maximum atomic E-state index is 5.94. The summed E-state index contributed by atoms with van der Waals surface area (Å²) in [5.74, 6) is 0.537. The number of nitrogens with two attached hydrogens (primary N) is 1. The lowest BCUT2D eigenvalue weighted by Gasteiger charge is -2.15. The van der Waals surface area contributed by atoms with Gasteiger partial charge in [-0.25, -0.2) is 4.98 Å². The van der Waals surface area contributed by atoms with Crippen LogP contribution >= 0.6 is 11.3 Å². The first-order valence-electron chi connectivity index (χ1n) is 6.03. The molecule has 0 amide bonds. The van der Waals surface area contributed by atoms with E-state index >= 15 is 0 Å². The Bertz CT molecular complexity index is 402. The van der Waals surface area contributed by atoms with Crippen molar-refractivity contribution in [1.82, 2.24) is 4.98 Å². The van der Waals surface area contributed by atoms with Crippen LogP contribution in [-0.4, -0.2) is 17.2 Å². The molecule has 88 valence electrons. The van der Waals surface area contributed by atoms with Crippen LogP contribution < -0.4 is 5.73 Å². The molecule has 16 heavy (non-hydrogen) atoms. The summed E-state index contributed by atoms with van der Waals surface area (Å²) in [4.78, 5) is 5.93. The minimum absolute atomic E-state index is 0.103. The van der Waals surface area contributed by atoms with Crippen molar-refractivity contribution in [3.63, 3.8) is 0 Å². The fourth-order valence-electron chi connectivity index (χ4n) is 2.91. The van der Waals surface area contributed by atoms with E-state index in [2.05, 4.69) is 6.92 Å². The number of rotatable bonds is 2. The van der Waals surface area contributed by atoms with E-state index in [1.165, 1.54) is 22.7 Å². The quantitative estimate of drug-likeness (QED) is 0.861. The third-order valence-electron chi connectivity index (χ3n) is 3.69. The van der Waals surface area contributed by atoms with Crippen LogP contribution in [-0.2, 0) is 4.74 Å². The Morgan fingerprint density at radius 2 is 2.31 bits per heavy atom. The van der Waals surface area contributed by atoms with E-state index in [9.17, 15) is 0 Å². The highest BCUT2D eigenvalue weighted by atomic mass is 32.1. The molecule has 1 aromatic heterocycles. The number of ether oxygens (including phenoxy) is 1. The number of fused-ring (bicyclic) bond motifs is 2. The molecule has 2 saturated heterocycles. The van der Waals surface area contributed by atoms with E-state index in [0.717, 1.165) is 12.1 Å². The van der Waals surface area contributed by atoms with Gasteiger partial charge in [-0.2, -0.15) is 0 Å². The second-order valence-electron chi connectivity index (χ2n) is 5.01. The molecule has 0 radical (unpaired) electrons. The molecule has 3 heterocycles. The van der Waals surface area contributed by atoms with E-state index in [1.807, 2.05) is 6.92 Å². The first kappa shape index (κ1) is 10.7. The fraction of sp³-hybridized carbons (Fsp3) is 0.750. The monoisotopic (exact) mass is 238 g/mol. The summed E-state index contributed by atoms with van der Waals surface area (Å²) in [5.41, 5.74) is 7.05. The second kappa shape index (κ2) is 3.79. The van der Waals surface area contributed by atoms with Gasteiger partial charge in [-0.05, 0) is 33.1 Å². The third kappa shape index (κ3) is 1.60. The van der Waals surface area contributed by atoms with Gasteiger partial charge in [0.05, 0.1) is 22.9 Å². The van der Waals surface area contributed by atoms with Gasteiger partial charge in [0, 0.05) is 16.8 Å². The molecule has 4 atom stereocenters. The zero-order chi connectivity index (χ0) is 11.3. The molecule has 0 aromatic carbocycles. The van der Waals surface area contributed by atoms with E-state index < -0.39 is 0 Å². The number of hydrogen-bond acceptors (Lipinski definition) is 4. The molecule has 2 aliphatic rings. The van der Waals surface area contributed by atoms with Crippen LogP contribution in [0.5, 0.6) is 0 Å². The first-order valence-corrected chi connectivity index (χ1v) is 6.85. The SMILES string of the molecule is Cc1nc(C2CC3CCC2O3)sc1C(C)N. The fourth-order valence-corrected chi connectivity index (χ4v) is 4.09. The van der Waals surface area contributed by atoms with Crippen LogP contribution in [0.2, 0.25) is 0 Å². The highest BCUT2D eigenvalue weighted by Gasteiger charge is 2.43. The maximum Gasteiger partial charge on any atom is 0.0989 e.